The van der Waals surface area contributed by atoms with Gasteiger partial charge >= 0.3 is 0 Å². The minimum atomic E-state index is -3.48. The summed E-state index contributed by atoms with van der Waals surface area (Å²) in [6.45, 7) is 5.96. The smallest absolute Gasteiger partial charge is 0.258 e. The van der Waals surface area contributed by atoms with Gasteiger partial charge in [0.05, 0.1) is 24.5 Å². The van der Waals surface area contributed by atoms with Crippen molar-refractivity contribution in [3.63, 3.8) is 0 Å². The summed E-state index contributed by atoms with van der Waals surface area (Å²) in [5, 5.41) is 9.78. The van der Waals surface area contributed by atoms with E-state index in [-0.39, 0.29) is 30.6 Å². The Bertz CT molecular complexity index is 917. The van der Waals surface area contributed by atoms with E-state index in [4.69, 9.17) is 4.74 Å². The molecule has 0 spiro atoms. The molecule has 9 heteroatoms. The van der Waals surface area contributed by atoms with Gasteiger partial charge in [0.2, 0.25) is 10.0 Å². The number of anilines is 1. The van der Waals surface area contributed by atoms with Crippen LogP contribution in [0.5, 0.6) is 5.75 Å². The van der Waals surface area contributed by atoms with Gasteiger partial charge in [0.25, 0.3) is 5.91 Å². The zero-order chi connectivity index (χ0) is 24.2. The van der Waals surface area contributed by atoms with Crippen molar-refractivity contribution in [3.05, 3.63) is 23.8 Å². The second kappa shape index (κ2) is 11.1. The number of rotatable bonds is 8. The Morgan fingerprint density at radius 3 is 2.58 bits per heavy atom. The number of hydrogen-bond donors (Lipinski definition) is 2. The van der Waals surface area contributed by atoms with Crippen molar-refractivity contribution in [3.8, 4) is 5.75 Å². The maximum Gasteiger partial charge on any atom is 0.258 e. The summed E-state index contributed by atoms with van der Waals surface area (Å²) in [5.74, 6) is 0.942. The summed E-state index contributed by atoms with van der Waals surface area (Å²) >= 11 is 0. The molecule has 8 nitrogen and oxygen atoms in total. The van der Waals surface area contributed by atoms with Crippen LogP contribution in [-0.4, -0.2) is 80.9 Å². The molecule has 2 N–H and O–H groups in total. The zero-order valence-electron chi connectivity index (χ0n) is 20.3. The average Bonchev–Trinajstić information content (AvgIpc) is 2.75. The van der Waals surface area contributed by atoms with Crippen LogP contribution in [0.3, 0.4) is 0 Å². The summed E-state index contributed by atoms with van der Waals surface area (Å²) in [4.78, 5) is 17.4. The second-order valence-corrected chi connectivity index (χ2v) is 11.7. The van der Waals surface area contributed by atoms with Crippen molar-refractivity contribution in [2.45, 2.75) is 58.1 Å². The Morgan fingerprint density at radius 1 is 1.24 bits per heavy atom. The predicted octanol–water partition coefficient (Wildman–Crippen LogP) is 2.79. The first kappa shape index (κ1) is 25.8. The Labute approximate surface area is 198 Å². The van der Waals surface area contributed by atoms with Gasteiger partial charge in [0, 0.05) is 31.2 Å². The molecule has 1 aliphatic heterocycles. The normalized spacial score (nSPS) is 23.5. The minimum Gasteiger partial charge on any atom is -0.488 e. The fourth-order valence-corrected chi connectivity index (χ4v) is 5.47. The summed E-state index contributed by atoms with van der Waals surface area (Å²) in [5.41, 5.74) is 0.611. The van der Waals surface area contributed by atoms with Crippen LogP contribution in [0.25, 0.3) is 0 Å². The molecule has 0 unspecified atom stereocenters. The van der Waals surface area contributed by atoms with E-state index in [9.17, 15) is 18.3 Å². The average molecular weight is 482 g/mol. The number of carbonyl (C=O) groups is 1. The maximum atomic E-state index is 13.4. The molecule has 3 rings (SSSR count). The lowest BCUT2D eigenvalue weighted by Gasteiger charge is -2.38. The van der Waals surface area contributed by atoms with Gasteiger partial charge in [-0.1, -0.05) is 26.2 Å². The minimum absolute atomic E-state index is 0.0544. The fraction of sp³-hybridized carbons (Fsp3) is 0.708. The molecule has 1 aromatic carbocycles. The Hall–Kier alpha value is -1.84. The highest BCUT2D eigenvalue weighted by Gasteiger charge is 2.34. The summed E-state index contributed by atoms with van der Waals surface area (Å²) in [7, 11) is -1.36. The first-order valence-corrected chi connectivity index (χ1v) is 13.9. The number of likely N-dealkylation sites (N-methyl/N-ethyl adjacent to an activating group) is 1. The van der Waals surface area contributed by atoms with E-state index in [0.29, 0.717) is 23.5 Å². The van der Waals surface area contributed by atoms with Crippen molar-refractivity contribution >= 4 is 21.6 Å². The number of amides is 1. The highest BCUT2D eigenvalue weighted by atomic mass is 32.2. The number of aliphatic hydroxyl groups excluding tert-OH is 1. The van der Waals surface area contributed by atoms with Crippen LogP contribution in [0.1, 0.15) is 56.3 Å². The van der Waals surface area contributed by atoms with Gasteiger partial charge in [-0.05, 0) is 50.9 Å². The molecule has 1 aliphatic carbocycles. The lowest BCUT2D eigenvalue weighted by atomic mass is 9.89. The molecule has 0 bridgehead atoms. The third kappa shape index (κ3) is 7.07. The van der Waals surface area contributed by atoms with E-state index in [1.54, 1.807) is 17.0 Å². The maximum absolute atomic E-state index is 13.4. The van der Waals surface area contributed by atoms with Gasteiger partial charge in [-0.3, -0.25) is 9.52 Å². The second-order valence-electron chi connectivity index (χ2n) is 9.93. The number of aliphatic hydroxyl groups is 1. The molecular formula is C24H39N3O5S. The molecule has 3 atom stereocenters. The van der Waals surface area contributed by atoms with Gasteiger partial charge < -0.3 is 19.6 Å². The number of sulfonamides is 1. The number of carbonyl (C=O) groups excluding carboxylic acids is 1. The van der Waals surface area contributed by atoms with Gasteiger partial charge in [0.1, 0.15) is 11.9 Å². The standard InChI is InChI=1S/C24H39N3O5S/c1-17-13-27(18(2)16-28)24(29)21-12-20(25-33(4,30)31)10-11-22(21)32-23(17)15-26(3)14-19-8-6-5-7-9-19/h10-12,17-19,23,25,28H,5-9,13-16H2,1-4H3/t17-,18-,23-/m0/s1. The lowest BCUT2D eigenvalue weighted by molar-refractivity contribution is 0.0330. The lowest BCUT2D eigenvalue weighted by Crippen LogP contribution is -2.50. The molecule has 1 heterocycles. The number of nitrogens with one attached hydrogen (secondary N) is 1. The number of nitrogens with zero attached hydrogens (tertiary/aromatic N) is 2. The van der Waals surface area contributed by atoms with E-state index < -0.39 is 10.0 Å². The van der Waals surface area contributed by atoms with Crippen LogP contribution < -0.4 is 9.46 Å². The molecule has 1 fully saturated rings. The third-order valence-corrected chi connectivity index (χ3v) is 7.36. The topological polar surface area (TPSA) is 99.2 Å². The van der Waals surface area contributed by atoms with Crippen LogP contribution in [0.15, 0.2) is 18.2 Å². The zero-order valence-corrected chi connectivity index (χ0v) is 21.1. The van der Waals surface area contributed by atoms with Crippen LogP contribution in [-0.2, 0) is 10.0 Å². The summed E-state index contributed by atoms with van der Waals surface area (Å²) in [6.07, 6.45) is 7.43. The van der Waals surface area contributed by atoms with E-state index in [2.05, 4.69) is 23.6 Å². The highest BCUT2D eigenvalue weighted by Crippen LogP contribution is 2.31. The van der Waals surface area contributed by atoms with E-state index in [0.717, 1.165) is 25.3 Å². The van der Waals surface area contributed by atoms with Crippen LogP contribution in [0, 0.1) is 11.8 Å². The third-order valence-electron chi connectivity index (χ3n) is 6.75. The van der Waals surface area contributed by atoms with Crippen molar-refractivity contribution in [2.24, 2.45) is 11.8 Å². The number of hydrogen-bond acceptors (Lipinski definition) is 6. The number of fused-ring (bicyclic) bond motifs is 1. The molecule has 0 aromatic heterocycles. The molecule has 0 saturated heterocycles. The van der Waals surface area contributed by atoms with Crippen molar-refractivity contribution in [1.82, 2.24) is 9.80 Å². The molecule has 1 amide bonds. The van der Waals surface area contributed by atoms with Crippen molar-refractivity contribution in [2.75, 3.05) is 44.3 Å². The molecular weight excluding hydrogens is 442 g/mol. The van der Waals surface area contributed by atoms with Crippen LogP contribution in [0.2, 0.25) is 0 Å². The van der Waals surface area contributed by atoms with E-state index in [1.807, 2.05) is 6.92 Å². The first-order chi connectivity index (χ1) is 15.6. The van der Waals surface area contributed by atoms with Gasteiger partial charge in [-0.15, -0.1) is 0 Å². The largest absolute Gasteiger partial charge is 0.488 e. The fourth-order valence-electron chi connectivity index (χ4n) is 4.91. The van der Waals surface area contributed by atoms with E-state index >= 15 is 0 Å². The molecule has 0 radical (unpaired) electrons. The number of benzene rings is 1. The molecule has 1 aromatic rings. The first-order valence-electron chi connectivity index (χ1n) is 12.0. The van der Waals surface area contributed by atoms with E-state index in [1.165, 1.54) is 38.2 Å². The Morgan fingerprint density at radius 2 is 1.94 bits per heavy atom. The Balaban J connectivity index is 1.86. The number of ether oxygens (including phenoxy) is 1. The monoisotopic (exact) mass is 481 g/mol. The Kier molecular flexibility index (Phi) is 8.64. The molecule has 2 aliphatic rings. The highest BCUT2D eigenvalue weighted by molar-refractivity contribution is 7.92. The SMILES string of the molecule is C[C@H]1CN([C@@H](C)CO)C(=O)c2cc(NS(C)(=O)=O)ccc2O[C@H]1CN(C)CC1CCCCC1. The van der Waals surface area contributed by atoms with Crippen molar-refractivity contribution < 1.29 is 23.1 Å². The molecule has 186 valence electrons. The van der Waals surface area contributed by atoms with Gasteiger partial charge in [0.15, 0.2) is 0 Å². The summed E-state index contributed by atoms with van der Waals surface area (Å²) < 4.78 is 32.2. The predicted molar refractivity (Wildman–Crippen MR) is 130 cm³/mol. The quantitative estimate of drug-likeness (QED) is 0.592. The van der Waals surface area contributed by atoms with Gasteiger partial charge in [-0.25, -0.2) is 8.42 Å². The van der Waals surface area contributed by atoms with Gasteiger partial charge in [-0.2, -0.15) is 0 Å². The molecule has 33 heavy (non-hydrogen) atoms. The van der Waals surface area contributed by atoms with Crippen molar-refractivity contribution in [1.29, 1.82) is 0 Å². The molecule has 1 saturated carbocycles. The summed E-state index contributed by atoms with van der Waals surface area (Å²) in [6, 6.07) is 4.43. The van der Waals surface area contributed by atoms with Crippen LogP contribution in [0.4, 0.5) is 5.69 Å². The van der Waals surface area contributed by atoms with Crippen LogP contribution >= 0.6 is 0 Å².